The van der Waals surface area contributed by atoms with Crippen molar-refractivity contribution in [3.05, 3.63) is 24.3 Å². The molecule has 76 valence electrons. The molecule has 3 aliphatic carbocycles. The molecule has 0 radical (unpaired) electrons. The number of hydrogen-bond acceptors (Lipinski definition) is 0. The Morgan fingerprint density at radius 2 is 1.79 bits per heavy atom. The Morgan fingerprint density at radius 1 is 1.07 bits per heavy atom. The predicted octanol–water partition coefficient (Wildman–Crippen LogP) is 3.80. The summed E-state index contributed by atoms with van der Waals surface area (Å²) in [6.07, 6.45) is 14.2. The van der Waals surface area contributed by atoms with E-state index in [1.807, 2.05) is 0 Å². The minimum absolute atomic E-state index is 0.550. The van der Waals surface area contributed by atoms with Crippen molar-refractivity contribution in [3.63, 3.8) is 0 Å². The lowest BCUT2D eigenvalue weighted by molar-refractivity contribution is 0.169. The van der Waals surface area contributed by atoms with Crippen molar-refractivity contribution in [1.82, 2.24) is 0 Å². The Morgan fingerprint density at radius 3 is 2.50 bits per heavy atom. The summed E-state index contributed by atoms with van der Waals surface area (Å²) in [5.41, 5.74) is 0.550. The molecule has 4 atom stereocenters. The molecule has 0 heteroatoms. The summed E-state index contributed by atoms with van der Waals surface area (Å²) < 4.78 is 0. The van der Waals surface area contributed by atoms with E-state index in [1.165, 1.54) is 19.3 Å². The van der Waals surface area contributed by atoms with E-state index in [2.05, 4.69) is 38.2 Å². The number of hydrogen-bond donors (Lipinski definition) is 0. The fraction of sp³-hybridized carbons (Fsp3) is 0.714. The molecule has 0 aromatic rings. The molecule has 2 bridgehead atoms. The molecule has 0 aliphatic heterocycles. The smallest absolute Gasteiger partial charge is 0.00837 e. The van der Waals surface area contributed by atoms with Gasteiger partial charge in [0.1, 0.15) is 0 Å². The van der Waals surface area contributed by atoms with Gasteiger partial charge in [-0.2, -0.15) is 0 Å². The van der Waals surface area contributed by atoms with Gasteiger partial charge in [0.15, 0.2) is 0 Å². The van der Waals surface area contributed by atoms with E-state index in [1.54, 1.807) is 0 Å². The summed E-state index contributed by atoms with van der Waals surface area (Å²) in [5, 5.41) is 0. The zero-order valence-electron chi connectivity index (χ0n) is 9.24. The molecular formula is C14H20. The van der Waals surface area contributed by atoms with Crippen LogP contribution >= 0.6 is 0 Å². The van der Waals surface area contributed by atoms with Gasteiger partial charge in [-0.25, -0.2) is 0 Å². The van der Waals surface area contributed by atoms with Crippen molar-refractivity contribution in [1.29, 1.82) is 0 Å². The van der Waals surface area contributed by atoms with E-state index in [4.69, 9.17) is 0 Å². The standard InChI is InChI=1S/C14H20/c1-3-14(4-2)8-7-12-10-5-6-11(9-10)13(12)14/h5-8,10-13H,3-4,9H2,1-2H3. The van der Waals surface area contributed by atoms with E-state index in [0.29, 0.717) is 5.41 Å². The Balaban J connectivity index is 1.99. The van der Waals surface area contributed by atoms with E-state index in [0.717, 1.165) is 23.7 Å². The maximum absolute atomic E-state index is 2.55. The molecule has 1 saturated carbocycles. The molecular weight excluding hydrogens is 168 g/mol. The van der Waals surface area contributed by atoms with Gasteiger partial charge in [-0.3, -0.25) is 0 Å². The lowest BCUT2D eigenvalue weighted by Gasteiger charge is -2.37. The third kappa shape index (κ3) is 0.852. The second kappa shape index (κ2) is 2.74. The van der Waals surface area contributed by atoms with E-state index in [9.17, 15) is 0 Å². The fourth-order valence-corrected chi connectivity index (χ4v) is 4.30. The Hall–Kier alpha value is -0.520. The molecule has 3 aliphatic rings. The first kappa shape index (κ1) is 8.76. The summed E-state index contributed by atoms with van der Waals surface area (Å²) in [4.78, 5) is 0. The second-order valence-corrected chi connectivity index (χ2v) is 5.35. The molecule has 1 fully saturated rings. The SMILES string of the molecule is CCC1(CC)C=CC2C3C=CC(C3)C21. The van der Waals surface area contributed by atoms with Crippen LogP contribution < -0.4 is 0 Å². The number of fused-ring (bicyclic) bond motifs is 5. The highest BCUT2D eigenvalue weighted by Crippen LogP contribution is 2.61. The van der Waals surface area contributed by atoms with Crippen LogP contribution in [0.5, 0.6) is 0 Å². The first-order valence-electron chi connectivity index (χ1n) is 6.18. The van der Waals surface area contributed by atoms with Crippen LogP contribution in [0.2, 0.25) is 0 Å². The highest BCUT2D eigenvalue weighted by molar-refractivity contribution is 5.27. The van der Waals surface area contributed by atoms with Crippen molar-refractivity contribution >= 4 is 0 Å². The van der Waals surface area contributed by atoms with E-state index in [-0.39, 0.29) is 0 Å². The van der Waals surface area contributed by atoms with Gasteiger partial charge in [-0.15, -0.1) is 0 Å². The molecule has 4 unspecified atom stereocenters. The van der Waals surface area contributed by atoms with Crippen LogP contribution in [0.15, 0.2) is 24.3 Å². The van der Waals surface area contributed by atoms with E-state index < -0.39 is 0 Å². The molecule has 0 heterocycles. The zero-order valence-corrected chi connectivity index (χ0v) is 9.24. The van der Waals surface area contributed by atoms with Crippen LogP contribution in [0.25, 0.3) is 0 Å². The monoisotopic (exact) mass is 188 g/mol. The maximum atomic E-state index is 2.55. The maximum Gasteiger partial charge on any atom is -0.00837 e. The Labute approximate surface area is 87.1 Å². The topological polar surface area (TPSA) is 0 Å². The van der Waals surface area contributed by atoms with Gasteiger partial charge < -0.3 is 0 Å². The largest absolute Gasteiger partial charge is 0.0848 e. The lowest BCUT2D eigenvalue weighted by atomic mass is 9.67. The van der Waals surface area contributed by atoms with Crippen molar-refractivity contribution in [2.24, 2.45) is 29.1 Å². The average Bonchev–Trinajstić information content (AvgIpc) is 2.90. The molecule has 3 rings (SSSR count). The van der Waals surface area contributed by atoms with Crippen molar-refractivity contribution in [2.75, 3.05) is 0 Å². The number of allylic oxidation sites excluding steroid dienone is 4. The van der Waals surface area contributed by atoms with Crippen LogP contribution in [-0.4, -0.2) is 0 Å². The Kier molecular flexibility index (Phi) is 1.72. The summed E-state index contributed by atoms with van der Waals surface area (Å²) >= 11 is 0. The molecule has 0 aromatic heterocycles. The normalized spacial score (nSPS) is 46.1. The highest BCUT2D eigenvalue weighted by Gasteiger charge is 2.53. The third-order valence-corrected chi connectivity index (χ3v) is 5.15. The van der Waals surface area contributed by atoms with Crippen molar-refractivity contribution < 1.29 is 0 Å². The molecule has 0 nitrogen and oxygen atoms in total. The minimum atomic E-state index is 0.550. The number of rotatable bonds is 2. The van der Waals surface area contributed by atoms with Gasteiger partial charge in [0, 0.05) is 0 Å². The van der Waals surface area contributed by atoms with Crippen LogP contribution in [0.4, 0.5) is 0 Å². The molecule has 0 spiro atoms. The molecule has 0 aromatic carbocycles. The average molecular weight is 188 g/mol. The third-order valence-electron chi connectivity index (χ3n) is 5.15. The minimum Gasteiger partial charge on any atom is -0.0848 e. The van der Waals surface area contributed by atoms with Crippen LogP contribution in [0.1, 0.15) is 33.1 Å². The van der Waals surface area contributed by atoms with Gasteiger partial charge in [0.25, 0.3) is 0 Å². The summed E-state index contributed by atoms with van der Waals surface area (Å²) in [6.45, 7) is 4.73. The van der Waals surface area contributed by atoms with Crippen molar-refractivity contribution in [3.8, 4) is 0 Å². The molecule has 0 amide bonds. The van der Waals surface area contributed by atoms with Gasteiger partial charge in [0.05, 0.1) is 0 Å². The zero-order chi connectivity index (χ0) is 9.76. The fourth-order valence-electron chi connectivity index (χ4n) is 4.30. The highest BCUT2D eigenvalue weighted by atomic mass is 14.6. The lowest BCUT2D eigenvalue weighted by Crippen LogP contribution is -2.30. The van der Waals surface area contributed by atoms with Crippen LogP contribution in [-0.2, 0) is 0 Å². The summed E-state index contributed by atoms with van der Waals surface area (Å²) in [6, 6.07) is 0. The van der Waals surface area contributed by atoms with Crippen LogP contribution in [0.3, 0.4) is 0 Å². The van der Waals surface area contributed by atoms with Gasteiger partial charge in [-0.05, 0) is 48.3 Å². The summed E-state index contributed by atoms with van der Waals surface area (Å²) in [7, 11) is 0. The molecule has 0 N–H and O–H groups in total. The van der Waals surface area contributed by atoms with Gasteiger partial charge in [0.2, 0.25) is 0 Å². The summed E-state index contributed by atoms with van der Waals surface area (Å²) in [5.74, 6) is 3.64. The first-order chi connectivity index (χ1) is 6.80. The van der Waals surface area contributed by atoms with Crippen molar-refractivity contribution in [2.45, 2.75) is 33.1 Å². The van der Waals surface area contributed by atoms with Gasteiger partial charge >= 0.3 is 0 Å². The van der Waals surface area contributed by atoms with Crippen LogP contribution in [0, 0.1) is 29.1 Å². The first-order valence-corrected chi connectivity index (χ1v) is 6.18. The Bertz CT molecular complexity index is 293. The molecule has 14 heavy (non-hydrogen) atoms. The predicted molar refractivity (Wildman–Crippen MR) is 59.9 cm³/mol. The molecule has 0 saturated heterocycles. The van der Waals surface area contributed by atoms with E-state index >= 15 is 0 Å². The quantitative estimate of drug-likeness (QED) is 0.578. The van der Waals surface area contributed by atoms with Gasteiger partial charge in [-0.1, -0.05) is 38.2 Å². The second-order valence-electron chi connectivity index (χ2n) is 5.35.